The van der Waals surface area contributed by atoms with E-state index in [1.165, 1.54) is 0 Å². The van der Waals surface area contributed by atoms with Gasteiger partial charge in [0, 0.05) is 25.5 Å². The third-order valence-electron chi connectivity index (χ3n) is 4.17. The van der Waals surface area contributed by atoms with E-state index < -0.39 is 10.0 Å². The molecule has 0 aliphatic carbocycles. The number of nitrogens with zero attached hydrogens (tertiary/aromatic N) is 2. The molecule has 6 heteroatoms. The van der Waals surface area contributed by atoms with Gasteiger partial charge in [-0.2, -0.15) is 0 Å². The van der Waals surface area contributed by atoms with Gasteiger partial charge < -0.3 is 5.73 Å². The maximum atomic E-state index is 12.4. The molecule has 0 aromatic carbocycles. The molecule has 2 rings (SSSR count). The van der Waals surface area contributed by atoms with Gasteiger partial charge in [-0.15, -0.1) is 0 Å². The van der Waals surface area contributed by atoms with Crippen molar-refractivity contribution in [2.45, 2.75) is 19.8 Å². The molecule has 112 valence electrons. The molecule has 0 radical (unpaired) electrons. The van der Waals surface area contributed by atoms with Gasteiger partial charge in [0.1, 0.15) is 0 Å². The molecule has 1 aliphatic heterocycles. The van der Waals surface area contributed by atoms with E-state index in [4.69, 9.17) is 5.73 Å². The minimum atomic E-state index is -3.19. The number of aromatic nitrogens is 1. The summed E-state index contributed by atoms with van der Waals surface area (Å²) < 4.78 is 26.4. The van der Waals surface area contributed by atoms with Crippen LogP contribution in [0, 0.1) is 11.8 Å². The van der Waals surface area contributed by atoms with Gasteiger partial charge >= 0.3 is 0 Å². The Hall–Kier alpha value is -0.980. The van der Waals surface area contributed by atoms with Gasteiger partial charge in [-0.25, -0.2) is 12.7 Å². The van der Waals surface area contributed by atoms with Crippen LogP contribution in [0.3, 0.4) is 0 Å². The van der Waals surface area contributed by atoms with E-state index in [0.717, 1.165) is 12.0 Å². The van der Waals surface area contributed by atoms with Crippen LogP contribution in [0.5, 0.6) is 0 Å². The first-order valence-electron chi connectivity index (χ1n) is 7.09. The first-order chi connectivity index (χ1) is 9.53. The molecule has 2 N–H and O–H groups in total. The van der Waals surface area contributed by atoms with Gasteiger partial charge in [0.15, 0.2) is 0 Å². The predicted octanol–water partition coefficient (Wildman–Crippen LogP) is 0.871. The molecule has 2 heterocycles. The summed E-state index contributed by atoms with van der Waals surface area (Å²) in [6.07, 6.45) is 4.81. The largest absolute Gasteiger partial charge is 0.330 e. The molecule has 0 saturated carbocycles. The van der Waals surface area contributed by atoms with Crippen LogP contribution in [0.2, 0.25) is 0 Å². The molecular weight excluding hydrogens is 274 g/mol. The summed E-state index contributed by atoms with van der Waals surface area (Å²) in [5, 5.41) is 0. The van der Waals surface area contributed by atoms with Crippen molar-refractivity contribution in [3.8, 4) is 0 Å². The van der Waals surface area contributed by atoms with Crippen molar-refractivity contribution in [3.05, 3.63) is 30.1 Å². The minimum absolute atomic E-state index is 0.155. The van der Waals surface area contributed by atoms with Crippen LogP contribution in [0.25, 0.3) is 0 Å². The Morgan fingerprint density at radius 3 is 2.75 bits per heavy atom. The second-order valence-electron chi connectivity index (χ2n) is 5.54. The molecule has 0 bridgehead atoms. The maximum Gasteiger partial charge on any atom is 0.214 e. The van der Waals surface area contributed by atoms with E-state index in [1.54, 1.807) is 16.7 Å². The second-order valence-corrected chi connectivity index (χ2v) is 7.63. The van der Waals surface area contributed by atoms with Crippen LogP contribution >= 0.6 is 0 Å². The smallest absolute Gasteiger partial charge is 0.214 e. The van der Waals surface area contributed by atoms with Gasteiger partial charge in [0.25, 0.3) is 0 Å². The van der Waals surface area contributed by atoms with Crippen molar-refractivity contribution in [1.29, 1.82) is 0 Å². The van der Waals surface area contributed by atoms with Crippen molar-refractivity contribution in [3.63, 3.8) is 0 Å². The van der Waals surface area contributed by atoms with Gasteiger partial charge in [-0.1, -0.05) is 6.92 Å². The summed E-state index contributed by atoms with van der Waals surface area (Å²) in [6, 6.07) is 3.72. The van der Waals surface area contributed by atoms with Gasteiger partial charge in [0.2, 0.25) is 10.0 Å². The fourth-order valence-corrected chi connectivity index (χ4v) is 4.16. The molecule has 1 aromatic heterocycles. The molecule has 0 amide bonds. The van der Waals surface area contributed by atoms with E-state index in [-0.39, 0.29) is 11.7 Å². The molecule has 5 nitrogen and oxygen atoms in total. The third-order valence-corrected chi connectivity index (χ3v) is 6.01. The van der Waals surface area contributed by atoms with Crippen LogP contribution < -0.4 is 5.73 Å². The Balaban J connectivity index is 1.96. The summed E-state index contributed by atoms with van der Waals surface area (Å²) in [4.78, 5) is 3.94. The summed E-state index contributed by atoms with van der Waals surface area (Å²) in [5.74, 6) is 0.939. The molecule has 1 saturated heterocycles. The van der Waals surface area contributed by atoms with E-state index in [2.05, 4.69) is 11.9 Å². The lowest BCUT2D eigenvalue weighted by molar-refractivity contribution is 0.203. The zero-order chi connectivity index (χ0) is 14.6. The average Bonchev–Trinajstić information content (AvgIpc) is 2.46. The summed E-state index contributed by atoms with van der Waals surface area (Å²) in [6.45, 7) is 3.89. The van der Waals surface area contributed by atoms with E-state index in [0.29, 0.717) is 32.0 Å². The number of sulfonamides is 1. The van der Waals surface area contributed by atoms with Gasteiger partial charge in [-0.05, 0) is 48.9 Å². The molecule has 1 aromatic rings. The van der Waals surface area contributed by atoms with Crippen molar-refractivity contribution >= 4 is 10.0 Å². The molecular formula is C14H23N3O2S. The number of pyridine rings is 1. The number of hydrogen-bond acceptors (Lipinski definition) is 4. The summed E-state index contributed by atoms with van der Waals surface area (Å²) in [7, 11) is -3.19. The quantitative estimate of drug-likeness (QED) is 0.875. The zero-order valence-electron chi connectivity index (χ0n) is 11.9. The van der Waals surface area contributed by atoms with E-state index in [9.17, 15) is 8.42 Å². The van der Waals surface area contributed by atoms with E-state index >= 15 is 0 Å². The first kappa shape index (κ1) is 15.4. The molecule has 1 aliphatic rings. The monoisotopic (exact) mass is 297 g/mol. The minimum Gasteiger partial charge on any atom is -0.330 e. The van der Waals surface area contributed by atoms with Crippen molar-refractivity contribution in [2.24, 2.45) is 17.6 Å². The van der Waals surface area contributed by atoms with Gasteiger partial charge in [0.05, 0.1) is 5.75 Å². The van der Waals surface area contributed by atoms with Crippen molar-refractivity contribution in [2.75, 3.05) is 25.4 Å². The fraction of sp³-hybridized carbons (Fsp3) is 0.643. The number of rotatable bonds is 5. The Labute approximate surface area is 121 Å². The Morgan fingerprint density at radius 1 is 1.40 bits per heavy atom. The normalized spacial score (nSPS) is 24.7. The highest BCUT2D eigenvalue weighted by Crippen LogP contribution is 2.24. The van der Waals surface area contributed by atoms with Crippen molar-refractivity contribution in [1.82, 2.24) is 9.29 Å². The number of hydrogen-bond donors (Lipinski definition) is 1. The molecule has 2 atom stereocenters. The van der Waals surface area contributed by atoms with Crippen LogP contribution in [-0.2, 0) is 16.4 Å². The van der Waals surface area contributed by atoms with Crippen molar-refractivity contribution < 1.29 is 8.42 Å². The SMILES string of the molecule is CC1CCN(S(=O)(=O)CCc2ccncc2)CC1CN. The van der Waals surface area contributed by atoms with Crippen LogP contribution in [-0.4, -0.2) is 43.1 Å². The Bertz CT molecular complexity index is 518. The Morgan fingerprint density at radius 2 is 2.10 bits per heavy atom. The lowest BCUT2D eigenvalue weighted by Crippen LogP contribution is -2.46. The highest BCUT2D eigenvalue weighted by atomic mass is 32.2. The van der Waals surface area contributed by atoms with Crippen LogP contribution in [0.4, 0.5) is 0 Å². The highest BCUT2D eigenvalue weighted by molar-refractivity contribution is 7.89. The predicted molar refractivity (Wildman–Crippen MR) is 79.6 cm³/mol. The topological polar surface area (TPSA) is 76.3 Å². The number of piperidine rings is 1. The van der Waals surface area contributed by atoms with E-state index in [1.807, 2.05) is 12.1 Å². The summed E-state index contributed by atoms with van der Waals surface area (Å²) in [5.41, 5.74) is 6.74. The number of aryl methyl sites for hydroxylation is 1. The van der Waals surface area contributed by atoms with Gasteiger partial charge in [-0.3, -0.25) is 4.98 Å². The number of nitrogens with two attached hydrogens (primary N) is 1. The lowest BCUT2D eigenvalue weighted by atomic mass is 9.88. The zero-order valence-corrected chi connectivity index (χ0v) is 12.7. The summed E-state index contributed by atoms with van der Waals surface area (Å²) >= 11 is 0. The highest BCUT2D eigenvalue weighted by Gasteiger charge is 2.31. The molecule has 2 unspecified atom stereocenters. The first-order valence-corrected chi connectivity index (χ1v) is 8.70. The van der Waals surface area contributed by atoms with Crippen LogP contribution in [0.15, 0.2) is 24.5 Å². The second kappa shape index (κ2) is 6.65. The fourth-order valence-electron chi connectivity index (χ4n) is 2.60. The average molecular weight is 297 g/mol. The molecule has 0 spiro atoms. The Kier molecular flexibility index (Phi) is 5.12. The maximum absolute atomic E-state index is 12.4. The van der Waals surface area contributed by atoms with Crippen LogP contribution in [0.1, 0.15) is 18.9 Å². The lowest BCUT2D eigenvalue weighted by Gasteiger charge is -2.35. The molecule has 20 heavy (non-hydrogen) atoms. The standard InChI is InChI=1S/C14H23N3O2S/c1-12-4-8-17(11-14(12)10-15)20(18,19)9-5-13-2-6-16-7-3-13/h2-3,6-7,12,14H,4-5,8-11,15H2,1H3. The third kappa shape index (κ3) is 3.77. The molecule has 1 fully saturated rings.